The van der Waals surface area contributed by atoms with Crippen LogP contribution in [0.25, 0.3) is 0 Å². The van der Waals surface area contributed by atoms with Gasteiger partial charge < -0.3 is 88.6 Å². The zero-order valence-electron chi connectivity index (χ0n) is 43.0. The van der Waals surface area contributed by atoms with Gasteiger partial charge >= 0.3 is 94.8 Å². The van der Waals surface area contributed by atoms with Crippen molar-refractivity contribution in [3.63, 3.8) is 0 Å². The van der Waals surface area contributed by atoms with Gasteiger partial charge in [0.05, 0.1) is 19.8 Å². The van der Waals surface area contributed by atoms with E-state index in [4.69, 9.17) is 51.7 Å². The number of carboxylic acid groups (broad SMARTS) is 2. The highest BCUT2D eigenvalue weighted by Crippen LogP contribution is 2.38. The van der Waals surface area contributed by atoms with Gasteiger partial charge in [-0.1, -0.05) is 0 Å². The molecule has 20 N–H and O–H groups in total. The number of rotatable bonds is 29. The Bertz CT molecular complexity index is 3470. The van der Waals surface area contributed by atoms with E-state index < -0.39 is 268 Å². The van der Waals surface area contributed by atoms with Gasteiger partial charge in [0, 0.05) is 0 Å². The van der Waals surface area contributed by atoms with Gasteiger partial charge in [0.1, 0.15) is 104 Å². The predicted molar refractivity (Wildman–Crippen MR) is 257 cm³/mol. The molecule has 5 aliphatic rings. The van der Waals surface area contributed by atoms with Crippen molar-refractivity contribution in [1.29, 1.82) is 0 Å². The first-order valence-corrected chi connectivity index (χ1v) is 34.3. The van der Waals surface area contributed by atoms with Gasteiger partial charge in [0.15, 0.2) is 49.8 Å². The van der Waals surface area contributed by atoms with Crippen LogP contribution in [0, 0.1) is 0 Å². The zero-order valence-corrected chi connectivity index (χ0v) is 49.5. The van der Waals surface area contributed by atoms with Crippen molar-refractivity contribution >= 4 is 94.8 Å². The molecule has 52 nitrogen and oxygen atoms in total. The molecule has 0 unspecified atom stereocenters. The maximum absolute atomic E-state index is 12.9. The Morgan fingerprint density at radius 1 is 0.333 bits per heavy atom. The fourth-order valence-corrected chi connectivity index (χ4v) is 12.5. The molecule has 528 valence electrons. The van der Waals surface area contributed by atoms with Crippen LogP contribution in [0.5, 0.6) is 0 Å². The van der Waals surface area contributed by atoms with Crippen LogP contribution >= 0.6 is 0 Å². The van der Waals surface area contributed by atoms with E-state index in [-0.39, 0.29) is 0 Å². The van der Waals surface area contributed by atoms with E-state index in [1.165, 1.54) is 9.44 Å². The zero-order chi connectivity index (χ0) is 68.7. The summed E-state index contributed by atoms with van der Waals surface area (Å²) in [6, 6.07) is -8.42. The summed E-state index contributed by atoms with van der Waals surface area (Å²) in [4.78, 5) is 25.7. The smallest absolute Gasteiger partial charge is 0.397 e. The molecule has 0 amide bonds. The molecular weight excluding hydrogens is 1440 g/mol. The molecule has 5 heterocycles. The molecule has 0 aromatic heterocycles. The Balaban J connectivity index is 1.59. The van der Waals surface area contributed by atoms with Gasteiger partial charge in [0.25, 0.3) is 0 Å². The van der Waals surface area contributed by atoms with E-state index in [9.17, 15) is 150 Å². The summed E-state index contributed by atoms with van der Waals surface area (Å²) >= 11 is 0. The average molecular weight is 1490 g/mol. The lowest BCUT2D eigenvalue weighted by molar-refractivity contribution is -0.372. The minimum absolute atomic E-state index is 1.09. The SMILES string of the molecule is O=C(O)[C@H]1O[C@@H](O[C@H]2[C@H](O)[C@@H](NS(=O)(=O)O)[C@@H](O)O[C@@H]2COS(=O)(=O)O)[C@@H](OS(=O)(=O)O)[C@H](O)[C@H]1O[C@H]1O[C@H](COS(=O)(=O)O)[C@@H](O[C@@H]2O[C@H](C(=O)O)[C@@H](O[C@H]3O[C@H](COS(=O)(=O)O)[C@@H](O)[C@H](O)[C@H]3NS(=O)(=O)O)[C@H](O)[C@H]2O)[C@H](OS(=O)(=O)O)[C@H]1NS(=O)(=O)O. The summed E-state index contributed by atoms with van der Waals surface area (Å²) in [5, 5.41) is 97.8. The quantitative estimate of drug-likeness (QED) is 0.0309. The largest absolute Gasteiger partial charge is 0.479 e. The van der Waals surface area contributed by atoms with Gasteiger partial charge in [-0.15, -0.1) is 0 Å². The van der Waals surface area contributed by atoms with Crippen molar-refractivity contribution in [2.24, 2.45) is 0 Å². The molecule has 5 fully saturated rings. The van der Waals surface area contributed by atoms with Crippen LogP contribution in [-0.4, -0.2) is 335 Å². The second-order valence-corrected chi connectivity index (χ2v) is 27.4. The molecule has 0 bridgehead atoms. The summed E-state index contributed by atoms with van der Waals surface area (Å²) in [6.07, 6.45) is -64.7. The van der Waals surface area contributed by atoms with Gasteiger partial charge in [-0.25, -0.2) is 30.5 Å². The third kappa shape index (κ3) is 22.4. The van der Waals surface area contributed by atoms with Crippen LogP contribution in [0.4, 0.5) is 0 Å². The minimum Gasteiger partial charge on any atom is -0.479 e. The number of carbonyl (C=O) groups is 2. The van der Waals surface area contributed by atoms with Gasteiger partial charge in [0.2, 0.25) is 0 Å². The minimum atomic E-state index is -6.36. The number of nitrogens with one attached hydrogen (secondary N) is 3. The third-order valence-electron chi connectivity index (χ3n) is 12.2. The first-order valence-electron chi connectivity index (χ1n) is 23.2. The topological polar surface area (TPSA) is 816 Å². The van der Waals surface area contributed by atoms with Gasteiger partial charge in [-0.05, 0) is 0 Å². The van der Waals surface area contributed by atoms with Crippen LogP contribution in [-0.2, 0) is 156 Å². The summed E-state index contributed by atoms with van der Waals surface area (Å²) in [7, 11) is -46.7. The van der Waals surface area contributed by atoms with Crippen LogP contribution in [0.2, 0.25) is 0 Å². The lowest BCUT2D eigenvalue weighted by Crippen LogP contribution is -2.71. The monoisotopic (exact) mass is 1490 g/mol. The predicted octanol–water partition coefficient (Wildman–Crippen LogP) is -14.4. The molecule has 5 rings (SSSR count). The molecule has 0 aromatic carbocycles. The Labute approximate surface area is 502 Å². The lowest BCUT2D eigenvalue weighted by Gasteiger charge is -2.50. The summed E-state index contributed by atoms with van der Waals surface area (Å²) in [5.74, 6) is -4.94. The molecule has 0 radical (unpaired) electrons. The fourth-order valence-electron chi connectivity index (χ4n) is 8.80. The van der Waals surface area contributed by atoms with Crippen molar-refractivity contribution in [3.8, 4) is 0 Å². The molecule has 90 heavy (non-hydrogen) atoms. The van der Waals surface area contributed by atoms with Crippen molar-refractivity contribution in [3.05, 3.63) is 0 Å². The molecule has 60 heteroatoms. The summed E-state index contributed by atoms with van der Waals surface area (Å²) in [5.41, 5.74) is 0. The number of ether oxygens (including phenoxy) is 9. The lowest BCUT2D eigenvalue weighted by atomic mass is 9.94. The maximum Gasteiger partial charge on any atom is 0.397 e. The number of carboxylic acids is 2. The van der Waals surface area contributed by atoms with Crippen molar-refractivity contribution in [2.75, 3.05) is 19.8 Å². The van der Waals surface area contributed by atoms with E-state index in [0.717, 1.165) is 4.72 Å². The van der Waals surface area contributed by atoms with E-state index in [1.807, 2.05) is 0 Å². The Morgan fingerprint density at radius 3 is 1.14 bits per heavy atom. The normalized spacial score (nSPS) is 38.9. The molecule has 5 saturated heterocycles. The average Bonchev–Trinajstić information content (AvgIpc) is 0.777. The number of aliphatic hydroxyl groups is 7. The number of aliphatic hydroxyl groups excluding tert-OH is 7. The number of hydrogen-bond acceptors (Lipinski definition) is 39. The second-order valence-electron chi connectivity index (χ2n) is 18.5. The first kappa shape index (κ1) is 78.0. The number of hydrogen-bond donors (Lipinski definition) is 20. The standard InChI is InChI=1S/C30H51N3O49S8/c34-10-4(1-69-86(54,55)56)73-27(8(11(10)35)32-84(48,49)50)77-19-13(37)14(38)29(79-22(19)24(40)41)76-17-6(3-71-88(60,61)62)74-28(9(33-85(51,52)53)18(17)81-89(63,64)65)78-20-15(39)21(82-90(66,67)68)30(80-23(20)25(42)43)75-16-5(2-70-87(57,58)59)72-26(44)7(12(16)36)31-83(45,46)47/h4-23,26-39,44H,1-3H2,(H,40,41)(H,42,43)(H,45,46,47)(H,48,49,50)(H,51,52,53)(H,54,55,56)(H,57,58,59)(H,60,61,62)(H,63,64,65)(H,66,67,68)/t4-,5-,6-,7-,8-,9-,10-,11-,12-,13-,14-,15-,16-,17-,18-,19+,20-,21+,22+,23+,26+,27-,28-,29-,30-/m1/s1. The molecule has 5 aliphatic heterocycles. The molecular formula is C30H51N3O49S8. The summed E-state index contributed by atoms with van der Waals surface area (Å²) in [6.45, 7) is -5.16. The third-order valence-corrected chi connectivity index (χ3v) is 16.2. The van der Waals surface area contributed by atoms with Gasteiger partial charge in [-0.2, -0.15) is 81.5 Å². The van der Waals surface area contributed by atoms with Gasteiger partial charge in [-0.3, -0.25) is 36.4 Å². The summed E-state index contributed by atoms with van der Waals surface area (Å²) < 4.78 is 339. The second kappa shape index (κ2) is 29.3. The number of aliphatic carboxylic acids is 2. The Kier molecular flexibility index (Phi) is 25.4. The fraction of sp³-hybridized carbons (Fsp3) is 0.933. The Hall–Kier alpha value is -2.74. The Morgan fingerprint density at radius 2 is 0.700 bits per heavy atom. The van der Waals surface area contributed by atoms with Crippen molar-refractivity contribution < 1.29 is 223 Å². The van der Waals surface area contributed by atoms with Crippen LogP contribution < -0.4 is 14.2 Å². The van der Waals surface area contributed by atoms with E-state index >= 15 is 0 Å². The van der Waals surface area contributed by atoms with E-state index in [2.05, 4.69) is 20.9 Å². The van der Waals surface area contributed by atoms with Crippen LogP contribution in [0.1, 0.15) is 0 Å². The highest BCUT2D eigenvalue weighted by atomic mass is 32.3. The molecule has 0 aromatic rings. The van der Waals surface area contributed by atoms with E-state index in [1.54, 1.807) is 0 Å². The highest BCUT2D eigenvalue weighted by molar-refractivity contribution is 7.84. The molecule has 0 saturated carbocycles. The molecule has 0 spiro atoms. The van der Waals surface area contributed by atoms with Crippen molar-refractivity contribution in [2.45, 2.75) is 153 Å². The highest BCUT2D eigenvalue weighted by Gasteiger charge is 2.61. The van der Waals surface area contributed by atoms with Crippen molar-refractivity contribution in [1.82, 2.24) is 14.2 Å². The van der Waals surface area contributed by atoms with E-state index in [0.29, 0.717) is 0 Å². The first-order chi connectivity index (χ1) is 40.6. The maximum atomic E-state index is 12.9. The molecule has 0 aliphatic carbocycles. The molecule has 25 atom stereocenters. The van der Waals surface area contributed by atoms with Crippen LogP contribution in [0.3, 0.4) is 0 Å². The van der Waals surface area contributed by atoms with Crippen LogP contribution in [0.15, 0.2) is 0 Å².